The van der Waals surface area contributed by atoms with Crippen molar-refractivity contribution >= 4 is 76.5 Å². The Balaban J connectivity index is 1.98. The SMILES string of the molecule is S=[P@@]1(Oc2ccc(Cl)cc2)Oc2ccc(Cl)cc2[C@H](C(Cl)(Cl)Cl)O1. The van der Waals surface area contributed by atoms with Crippen LogP contribution in [0.15, 0.2) is 42.5 Å². The predicted molar refractivity (Wildman–Crippen MR) is 103 cm³/mol. The second-order valence-electron chi connectivity index (χ2n) is 4.79. The molecule has 0 radical (unpaired) electrons. The molecule has 0 fully saturated rings. The highest BCUT2D eigenvalue weighted by Crippen LogP contribution is 2.63. The molecule has 3 nitrogen and oxygen atoms in total. The van der Waals surface area contributed by atoms with Crippen LogP contribution in [0.4, 0.5) is 0 Å². The molecule has 2 aromatic carbocycles. The van der Waals surface area contributed by atoms with Crippen LogP contribution >= 0.6 is 64.7 Å². The summed E-state index contributed by atoms with van der Waals surface area (Å²) in [5.41, 5.74) is 0.489. The molecule has 0 N–H and O–H groups in total. The van der Waals surface area contributed by atoms with Gasteiger partial charge in [-0.2, -0.15) is 0 Å². The Bertz CT molecular complexity index is 809. The Labute approximate surface area is 168 Å². The van der Waals surface area contributed by atoms with Gasteiger partial charge in [0.1, 0.15) is 17.6 Å². The normalized spacial score (nSPS) is 23.3. The minimum absolute atomic E-state index is 0.402. The standard InChI is InChI=1S/C14H8Cl5O3PS/c15-8-1-4-10(5-2-8)20-23(24)21-12-6-3-9(16)7-11(12)13(22-23)14(17,18)19/h1-7,13H/t13-,23+/m1/s1. The van der Waals surface area contributed by atoms with Gasteiger partial charge >= 0.3 is 6.72 Å². The summed E-state index contributed by atoms with van der Waals surface area (Å²) in [5.74, 6) is 0.836. The molecule has 24 heavy (non-hydrogen) atoms. The fourth-order valence-electron chi connectivity index (χ4n) is 2.04. The largest absolute Gasteiger partial charge is 0.435 e. The van der Waals surface area contributed by atoms with Crippen LogP contribution in [0.3, 0.4) is 0 Å². The van der Waals surface area contributed by atoms with Crippen molar-refractivity contribution in [2.75, 3.05) is 0 Å². The molecule has 1 heterocycles. The lowest BCUT2D eigenvalue weighted by Gasteiger charge is -2.36. The molecule has 2 aromatic rings. The van der Waals surface area contributed by atoms with Crippen LogP contribution in [-0.4, -0.2) is 3.79 Å². The highest BCUT2D eigenvalue weighted by atomic mass is 35.6. The number of hydrogen-bond donors (Lipinski definition) is 0. The smallest absolute Gasteiger partial charge is 0.416 e. The van der Waals surface area contributed by atoms with Crippen molar-refractivity contribution in [1.82, 2.24) is 0 Å². The van der Waals surface area contributed by atoms with E-state index in [1.807, 2.05) is 0 Å². The summed E-state index contributed by atoms with van der Waals surface area (Å²) in [6.45, 7) is -3.26. The molecule has 0 aliphatic carbocycles. The molecule has 0 aromatic heterocycles. The van der Waals surface area contributed by atoms with E-state index in [1.165, 1.54) is 0 Å². The van der Waals surface area contributed by atoms with Crippen LogP contribution in [0.1, 0.15) is 11.7 Å². The molecule has 0 unspecified atom stereocenters. The molecule has 0 spiro atoms. The van der Waals surface area contributed by atoms with E-state index in [4.69, 9.17) is 83.4 Å². The van der Waals surface area contributed by atoms with Crippen LogP contribution in [-0.2, 0) is 16.3 Å². The Morgan fingerprint density at radius 3 is 2.25 bits per heavy atom. The van der Waals surface area contributed by atoms with Gasteiger partial charge in [-0.1, -0.05) is 58.0 Å². The van der Waals surface area contributed by atoms with Crippen molar-refractivity contribution in [3.05, 3.63) is 58.1 Å². The van der Waals surface area contributed by atoms with Gasteiger partial charge in [0.05, 0.1) is 0 Å². The third-order valence-electron chi connectivity index (χ3n) is 3.03. The maximum absolute atomic E-state index is 6.05. The van der Waals surface area contributed by atoms with Crippen molar-refractivity contribution in [3.8, 4) is 11.5 Å². The maximum atomic E-state index is 6.05. The van der Waals surface area contributed by atoms with Gasteiger partial charge in [-0.3, -0.25) is 4.52 Å². The number of halogens is 5. The lowest BCUT2D eigenvalue weighted by Crippen LogP contribution is -2.25. The fourth-order valence-corrected chi connectivity index (χ4v) is 5.21. The molecular formula is C14H8Cl5O3PS. The second-order valence-corrected chi connectivity index (χ2v) is 10.8. The quantitative estimate of drug-likeness (QED) is 0.349. The third-order valence-corrected chi connectivity index (χ3v) is 6.14. The first kappa shape index (κ1) is 18.9. The van der Waals surface area contributed by atoms with E-state index in [-0.39, 0.29) is 0 Å². The molecular weight excluding hydrogens is 456 g/mol. The zero-order chi connectivity index (χ0) is 17.5. The summed E-state index contributed by atoms with van der Waals surface area (Å²) in [5, 5.41) is 1.01. The monoisotopic (exact) mass is 462 g/mol. The minimum atomic E-state index is -3.26. The van der Waals surface area contributed by atoms with E-state index in [9.17, 15) is 0 Å². The van der Waals surface area contributed by atoms with Crippen molar-refractivity contribution in [1.29, 1.82) is 0 Å². The summed E-state index contributed by atoms with van der Waals surface area (Å²) in [4.78, 5) is 0. The zero-order valence-electron chi connectivity index (χ0n) is 11.6. The maximum Gasteiger partial charge on any atom is 0.435 e. The number of fused-ring (bicyclic) bond motifs is 1. The molecule has 0 bridgehead atoms. The van der Waals surface area contributed by atoms with Crippen molar-refractivity contribution in [3.63, 3.8) is 0 Å². The first-order chi connectivity index (χ1) is 11.2. The van der Waals surface area contributed by atoms with Crippen molar-refractivity contribution in [2.45, 2.75) is 9.90 Å². The number of hydrogen-bond acceptors (Lipinski definition) is 4. The van der Waals surface area contributed by atoms with E-state index in [2.05, 4.69) is 0 Å². The van der Waals surface area contributed by atoms with Crippen LogP contribution in [0, 0.1) is 0 Å². The molecule has 1 aliphatic rings. The molecule has 0 amide bonds. The van der Waals surface area contributed by atoms with Gasteiger partial charge in [-0.15, -0.1) is 0 Å². The van der Waals surface area contributed by atoms with Crippen molar-refractivity contribution in [2.24, 2.45) is 0 Å². The van der Waals surface area contributed by atoms with Gasteiger partial charge in [-0.05, 0) is 42.5 Å². The first-order valence-corrected chi connectivity index (χ1v) is 10.9. The molecule has 0 saturated carbocycles. The van der Waals surface area contributed by atoms with E-state index >= 15 is 0 Å². The van der Waals surface area contributed by atoms with Crippen LogP contribution in [0.2, 0.25) is 10.0 Å². The summed E-state index contributed by atoms with van der Waals surface area (Å²) < 4.78 is 15.4. The Hall–Kier alpha value is 0.1000. The van der Waals surface area contributed by atoms with Gasteiger partial charge < -0.3 is 9.05 Å². The van der Waals surface area contributed by atoms with E-state index in [0.29, 0.717) is 27.1 Å². The molecule has 128 valence electrons. The fraction of sp³-hybridized carbons (Fsp3) is 0.143. The topological polar surface area (TPSA) is 27.7 Å². The van der Waals surface area contributed by atoms with Crippen LogP contribution in [0.5, 0.6) is 11.5 Å². The molecule has 1 aliphatic heterocycles. The molecule has 10 heteroatoms. The first-order valence-electron chi connectivity index (χ1n) is 6.46. The highest BCUT2D eigenvalue weighted by molar-refractivity contribution is 8.08. The van der Waals surface area contributed by atoms with Crippen molar-refractivity contribution < 1.29 is 13.6 Å². The van der Waals surface area contributed by atoms with E-state index < -0.39 is 16.6 Å². The number of alkyl halides is 3. The molecule has 3 rings (SSSR count). The average Bonchev–Trinajstić information content (AvgIpc) is 2.48. The van der Waals surface area contributed by atoms with Crippen LogP contribution < -0.4 is 9.05 Å². The Morgan fingerprint density at radius 1 is 1.00 bits per heavy atom. The highest BCUT2D eigenvalue weighted by Gasteiger charge is 2.46. The third kappa shape index (κ3) is 4.25. The molecule has 0 saturated heterocycles. The zero-order valence-corrected chi connectivity index (χ0v) is 17.1. The van der Waals surface area contributed by atoms with Gasteiger partial charge in [0.25, 0.3) is 0 Å². The van der Waals surface area contributed by atoms with E-state index in [1.54, 1.807) is 42.5 Å². The van der Waals surface area contributed by atoms with E-state index in [0.717, 1.165) is 0 Å². The number of benzene rings is 2. The minimum Gasteiger partial charge on any atom is -0.416 e. The Morgan fingerprint density at radius 2 is 1.62 bits per heavy atom. The molecule has 2 atom stereocenters. The summed E-state index contributed by atoms with van der Waals surface area (Å²) in [6, 6.07) is 11.5. The Kier molecular flexibility index (Phi) is 5.52. The predicted octanol–water partition coefficient (Wildman–Crippen LogP) is 7.12. The number of rotatable bonds is 2. The van der Waals surface area contributed by atoms with Gasteiger partial charge in [0.15, 0.2) is 0 Å². The van der Waals surface area contributed by atoms with Gasteiger partial charge in [0.2, 0.25) is 3.79 Å². The lowest BCUT2D eigenvalue weighted by molar-refractivity contribution is 0.160. The van der Waals surface area contributed by atoms with Gasteiger partial charge in [0, 0.05) is 27.4 Å². The van der Waals surface area contributed by atoms with Crippen LogP contribution in [0.25, 0.3) is 0 Å². The average molecular weight is 465 g/mol. The second kappa shape index (κ2) is 7.02. The van der Waals surface area contributed by atoms with Gasteiger partial charge in [-0.25, -0.2) is 0 Å². The summed E-state index contributed by atoms with van der Waals surface area (Å²) in [7, 11) is 0. The lowest BCUT2D eigenvalue weighted by atomic mass is 10.1. The summed E-state index contributed by atoms with van der Waals surface area (Å²) in [6.07, 6.45) is -0.983. The summed E-state index contributed by atoms with van der Waals surface area (Å²) >= 11 is 35.4.